The Labute approximate surface area is 96.8 Å². The van der Waals surface area contributed by atoms with E-state index in [0.29, 0.717) is 6.61 Å². The Morgan fingerprint density at radius 3 is 2.80 bits per heavy atom. The summed E-state index contributed by atoms with van der Waals surface area (Å²) < 4.78 is 6.78. The van der Waals surface area contributed by atoms with E-state index in [1.807, 2.05) is 18.2 Å². The summed E-state index contributed by atoms with van der Waals surface area (Å²) in [5.74, 6) is 0.975. The van der Waals surface area contributed by atoms with Gasteiger partial charge in [0.05, 0.1) is 0 Å². The fourth-order valence-corrected chi connectivity index (χ4v) is 2.26. The summed E-state index contributed by atoms with van der Waals surface area (Å²) in [6, 6.07) is 14.5. The van der Waals surface area contributed by atoms with Crippen LogP contribution in [0.25, 0.3) is 11.1 Å². The zero-order chi connectivity index (χ0) is 10.3. The highest BCUT2D eigenvalue weighted by atomic mass is 79.9. The minimum atomic E-state index is 0.666. The molecule has 0 radical (unpaired) electrons. The third kappa shape index (κ3) is 1.45. The number of fused-ring (bicyclic) bond motifs is 3. The van der Waals surface area contributed by atoms with Gasteiger partial charge in [-0.15, -0.1) is 0 Å². The van der Waals surface area contributed by atoms with Crippen LogP contribution >= 0.6 is 15.9 Å². The summed E-state index contributed by atoms with van der Waals surface area (Å²) in [5, 5.41) is 0. The number of benzene rings is 2. The lowest BCUT2D eigenvalue weighted by molar-refractivity contribution is 0.302. The average Bonchev–Trinajstić information content (AvgIpc) is 2.29. The first-order valence-electron chi connectivity index (χ1n) is 4.85. The first-order chi connectivity index (χ1) is 7.34. The van der Waals surface area contributed by atoms with Gasteiger partial charge in [0.25, 0.3) is 0 Å². The van der Waals surface area contributed by atoms with Crippen molar-refractivity contribution in [1.29, 1.82) is 0 Å². The van der Waals surface area contributed by atoms with Gasteiger partial charge in [-0.2, -0.15) is 0 Å². The van der Waals surface area contributed by atoms with Crippen LogP contribution in [0, 0.1) is 0 Å². The number of halogens is 1. The fourth-order valence-electron chi connectivity index (χ4n) is 1.90. The Morgan fingerprint density at radius 2 is 1.87 bits per heavy atom. The molecule has 1 aliphatic rings. The molecule has 0 aromatic heterocycles. The molecule has 0 unspecified atom stereocenters. The molecule has 0 spiro atoms. The van der Waals surface area contributed by atoms with E-state index in [-0.39, 0.29) is 0 Å². The molecule has 3 rings (SSSR count). The van der Waals surface area contributed by atoms with Crippen molar-refractivity contribution in [3.05, 3.63) is 52.5 Å². The number of rotatable bonds is 0. The molecule has 0 N–H and O–H groups in total. The van der Waals surface area contributed by atoms with E-state index in [1.54, 1.807) is 0 Å². The van der Waals surface area contributed by atoms with Crippen LogP contribution in [0.1, 0.15) is 5.56 Å². The van der Waals surface area contributed by atoms with E-state index in [0.717, 1.165) is 10.2 Å². The van der Waals surface area contributed by atoms with Crippen LogP contribution in [0.4, 0.5) is 0 Å². The smallest absolute Gasteiger partial charge is 0.127 e. The number of hydrogen-bond donors (Lipinski definition) is 0. The summed E-state index contributed by atoms with van der Waals surface area (Å²) in [4.78, 5) is 0. The molecule has 1 heterocycles. The van der Waals surface area contributed by atoms with E-state index in [4.69, 9.17) is 4.74 Å². The third-order valence-electron chi connectivity index (χ3n) is 2.63. The van der Waals surface area contributed by atoms with Crippen molar-refractivity contribution in [3.8, 4) is 16.9 Å². The molecule has 0 fully saturated rings. The molecule has 0 amide bonds. The first-order valence-corrected chi connectivity index (χ1v) is 5.64. The monoisotopic (exact) mass is 260 g/mol. The second-order valence-corrected chi connectivity index (χ2v) is 4.50. The molecule has 0 bridgehead atoms. The number of para-hydroxylation sites is 1. The predicted molar refractivity (Wildman–Crippen MR) is 63.9 cm³/mol. The van der Waals surface area contributed by atoms with Gasteiger partial charge in [0.2, 0.25) is 0 Å². The standard InChI is InChI=1S/C13H9BrO/c14-10-6-5-9-8-15-13-4-2-1-3-11(13)12(9)7-10/h1-7H,8H2. The first kappa shape index (κ1) is 8.98. The third-order valence-corrected chi connectivity index (χ3v) is 3.13. The molecule has 0 saturated heterocycles. The SMILES string of the molecule is Brc1ccc2c(c1)-c1ccccc1OC2. The molecule has 74 valence electrons. The van der Waals surface area contributed by atoms with Crippen LogP contribution in [0.2, 0.25) is 0 Å². The average molecular weight is 261 g/mol. The molecule has 0 atom stereocenters. The molecule has 2 heteroatoms. The van der Waals surface area contributed by atoms with Gasteiger partial charge in [-0.1, -0.05) is 40.2 Å². The maximum absolute atomic E-state index is 5.67. The second-order valence-electron chi connectivity index (χ2n) is 3.59. The summed E-state index contributed by atoms with van der Waals surface area (Å²) in [6.45, 7) is 0.666. The Balaban J connectivity index is 2.28. The highest BCUT2D eigenvalue weighted by Gasteiger charge is 2.16. The summed E-state index contributed by atoms with van der Waals surface area (Å²) in [6.07, 6.45) is 0. The van der Waals surface area contributed by atoms with Gasteiger partial charge in [-0.05, 0) is 29.3 Å². The van der Waals surface area contributed by atoms with Crippen molar-refractivity contribution in [1.82, 2.24) is 0 Å². The highest BCUT2D eigenvalue weighted by Crippen LogP contribution is 2.38. The predicted octanol–water partition coefficient (Wildman–Crippen LogP) is 4.01. The van der Waals surface area contributed by atoms with Gasteiger partial charge in [0, 0.05) is 10.0 Å². The van der Waals surface area contributed by atoms with Gasteiger partial charge in [0.15, 0.2) is 0 Å². The zero-order valence-electron chi connectivity index (χ0n) is 8.03. The molecule has 0 aliphatic carbocycles. The van der Waals surface area contributed by atoms with E-state index in [1.165, 1.54) is 16.7 Å². The van der Waals surface area contributed by atoms with Crippen molar-refractivity contribution >= 4 is 15.9 Å². The van der Waals surface area contributed by atoms with E-state index >= 15 is 0 Å². The van der Waals surface area contributed by atoms with Gasteiger partial charge in [-0.25, -0.2) is 0 Å². The van der Waals surface area contributed by atoms with Crippen molar-refractivity contribution in [2.24, 2.45) is 0 Å². The summed E-state index contributed by atoms with van der Waals surface area (Å²) >= 11 is 3.50. The van der Waals surface area contributed by atoms with Crippen LogP contribution in [0.5, 0.6) is 5.75 Å². The maximum atomic E-state index is 5.67. The lowest BCUT2D eigenvalue weighted by Crippen LogP contribution is -2.04. The van der Waals surface area contributed by atoms with Crippen LogP contribution in [-0.4, -0.2) is 0 Å². The van der Waals surface area contributed by atoms with Crippen molar-refractivity contribution < 1.29 is 4.74 Å². The van der Waals surface area contributed by atoms with Crippen LogP contribution in [0.3, 0.4) is 0 Å². The molecule has 1 aliphatic heterocycles. The molecular weight excluding hydrogens is 252 g/mol. The van der Waals surface area contributed by atoms with Gasteiger partial charge in [-0.3, -0.25) is 0 Å². The number of ether oxygens (including phenoxy) is 1. The van der Waals surface area contributed by atoms with E-state index in [2.05, 4.69) is 40.2 Å². The van der Waals surface area contributed by atoms with Crippen LogP contribution < -0.4 is 4.74 Å². The minimum Gasteiger partial charge on any atom is -0.488 e. The van der Waals surface area contributed by atoms with Gasteiger partial charge < -0.3 is 4.74 Å². The lowest BCUT2D eigenvalue weighted by atomic mass is 9.97. The number of hydrogen-bond acceptors (Lipinski definition) is 1. The highest BCUT2D eigenvalue weighted by molar-refractivity contribution is 9.10. The topological polar surface area (TPSA) is 9.23 Å². The molecule has 15 heavy (non-hydrogen) atoms. The Kier molecular flexibility index (Phi) is 2.03. The molecule has 2 aromatic carbocycles. The lowest BCUT2D eigenvalue weighted by Gasteiger charge is -2.20. The summed E-state index contributed by atoms with van der Waals surface area (Å²) in [5.41, 5.74) is 3.70. The molecule has 1 nitrogen and oxygen atoms in total. The quantitative estimate of drug-likeness (QED) is 0.696. The molecule has 0 saturated carbocycles. The van der Waals surface area contributed by atoms with E-state index in [9.17, 15) is 0 Å². The largest absolute Gasteiger partial charge is 0.488 e. The Hall–Kier alpha value is -1.28. The maximum Gasteiger partial charge on any atom is 0.127 e. The second kappa shape index (κ2) is 3.38. The van der Waals surface area contributed by atoms with Crippen LogP contribution in [-0.2, 0) is 6.61 Å². The van der Waals surface area contributed by atoms with Crippen molar-refractivity contribution in [2.75, 3.05) is 0 Å². The molecule has 2 aromatic rings. The Morgan fingerprint density at radius 1 is 1.00 bits per heavy atom. The minimum absolute atomic E-state index is 0.666. The van der Waals surface area contributed by atoms with Crippen LogP contribution in [0.15, 0.2) is 46.9 Å². The van der Waals surface area contributed by atoms with Crippen molar-refractivity contribution in [3.63, 3.8) is 0 Å². The Bertz CT molecular complexity index is 520. The van der Waals surface area contributed by atoms with Crippen molar-refractivity contribution in [2.45, 2.75) is 6.61 Å². The normalized spacial score (nSPS) is 12.6. The zero-order valence-corrected chi connectivity index (χ0v) is 9.62. The van der Waals surface area contributed by atoms with Gasteiger partial charge in [0.1, 0.15) is 12.4 Å². The van der Waals surface area contributed by atoms with Gasteiger partial charge >= 0.3 is 0 Å². The molecular formula is C13H9BrO. The van der Waals surface area contributed by atoms with E-state index < -0.39 is 0 Å². The fraction of sp³-hybridized carbons (Fsp3) is 0.0769. The summed E-state index contributed by atoms with van der Waals surface area (Å²) in [7, 11) is 0.